The summed E-state index contributed by atoms with van der Waals surface area (Å²) >= 11 is 0. The smallest absolute Gasteiger partial charge is 0.367 e. The molecular formula is C10H22N12O10S. The first-order chi connectivity index (χ1) is 13.3. The van der Waals surface area contributed by atoms with Crippen LogP contribution >= 0.6 is 0 Å². The van der Waals surface area contributed by atoms with Crippen LogP contribution in [-0.4, -0.2) is 69.3 Å². The average Bonchev–Trinajstić information content (AvgIpc) is 3.08. The summed E-state index contributed by atoms with van der Waals surface area (Å²) < 4.78 is 34.1. The van der Waals surface area contributed by atoms with Crippen LogP contribution in [-0.2, 0) is 10.4 Å². The van der Waals surface area contributed by atoms with E-state index in [4.69, 9.17) is 40.5 Å². The maximum Gasteiger partial charge on any atom is 0.367 e. The molecule has 0 aliphatic carbocycles. The summed E-state index contributed by atoms with van der Waals surface area (Å²) in [6.45, 7) is 0. The second-order valence-electron chi connectivity index (χ2n) is 5.08. The lowest BCUT2D eigenvalue weighted by Gasteiger charge is -2.06. The van der Waals surface area contributed by atoms with Gasteiger partial charge in [-0.05, 0) is 0 Å². The minimum atomic E-state index is -5.17. The van der Waals surface area contributed by atoms with Crippen molar-refractivity contribution in [3.8, 4) is 0 Å². The van der Waals surface area contributed by atoms with E-state index in [9.17, 15) is 9.59 Å². The molecule has 0 unspecified atom stereocenters. The number of anilines is 4. The normalized spacial score (nSPS) is 9.52. The van der Waals surface area contributed by atoms with E-state index in [1.54, 1.807) is 0 Å². The third-order valence-corrected chi connectivity index (χ3v) is 2.95. The standard InChI is InChI=1S/2C5H6N6O.H2O4S.4H2O/c2*6-2-1-3(10-4(7)9-2)11-5(12)8-1;1-5(2,3)4;;;;/h2*(H6,6,7,8,9,10,11,12);(H2,1,2,3,4);4*1H2. The lowest BCUT2D eigenvalue weighted by atomic mass is 10.5. The summed E-state index contributed by atoms with van der Waals surface area (Å²) in [5, 5.41) is 0. The zero-order valence-corrected chi connectivity index (χ0v) is 16.9. The Labute approximate surface area is 180 Å². The van der Waals surface area contributed by atoms with Crippen LogP contribution in [0.3, 0.4) is 0 Å². The number of rotatable bonds is 0. The lowest BCUT2D eigenvalue weighted by molar-refractivity contribution is -0.333. The molecule has 0 saturated heterocycles. The highest BCUT2D eigenvalue weighted by molar-refractivity contribution is 7.79. The zero-order chi connectivity index (χ0) is 21.9. The van der Waals surface area contributed by atoms with E-state index in [1.807, 2.05) is 0 Å². The fraction of sp³-hybridized carbons (Fsp3) is 0. The highest BCUT2D eigenvalue weighted by atomic mass is 32.3. The van der Waals surface area contributed by atoms with E-state index in [0.717, 1.165) is 0 Å². The van der Waals surface area contributed by atoms with Gasteiger partial charge in [0.1, 0.15) is 0 Å². The molecule has 22 nitrogen and oxygen atoms in total. The number of fused-ring (bicyclic) bond motifs is 2. The Hall–Kier alpha value is -4.39. The van der Waals surface area contributed by atoms with Crippen LogP contribution < -0.4 is 44.3 Å². The molecule has 0 radical (unpaired) electrons. The fourth-order valence-corrected chi connectivity index (χ4v) is 2.02. The van der Waals surface area contributed by atoms with Crippen molar-refractivity contribution in [2.24, 2.45) is 0 Å². The van der Waals surface area contributed by atoms with Gasteiger partial charge in [0.05, 0.1) is 0 Å². The first kappa shape index (κ1) is 33.3. The number of nitrogens with two attached hydrogens (primary N) is 4. The number of imidazole rings is 2. The van der Waals surface area contributed by atoms with Crippen molar-refractivity contribution >= 4 is 56.3 Å². The van der Waals surface area contributed by atoms with E-state index in [0.29, 0.717) is 22.3 Å². The number of H-pyrrole nitrogens is 6. The van der Waals surface area contributed by atoms with Crippen molar-refractivity contribution in [1.82, 2.24) is 29.9 Å². The van der Waals surface area contributed by atoms with Gasteiger partial charge in [-0.25, -0.2) is 29.5 Å². The zero-order valence-electron chi connectivity index (χ0n) is 16.1. The van der Waals surface area contributed by atoms with Crippen LogP contribution in [0.2, 0.25) is 0 Å². The monoisotopic (exact) mass is 502 g/mol. The van der Waals surface area contributed by atoms with Crippen LogP contribution in [0, 0.1) is 0 Å². The summed E-state index contributed by atoms with van der Waals surface area (Å²) in [7, 11) is -5.17. The summed E-state index contributed by atoms with van der Waals surface area (Å²) in [4.78, 5) is 44.2. The average molecular weight is 502 g/mol. The topological polar surface area (TPSA) is 462 Å². The Morgan fingerprint density at radius 2 is 0.939 bits per heavy atom. The number of hydrogen-bond donors (Lipinski definition) is 8. The Bertz CT molecular complexity index is 1290. The Morgan fingerprint density at radius 3 is 1.21 bits per heavy atom. The van der Waals surface area contributed by atoms with Crippen molar-refractivity contribution in [2.45, 2.75) is 0 Å². The molecule has 0 bridgehead atoms. The molecule has 0 aliphatic heterocycles. The maximum absolute atomic E-state index is 10.8. The summed E-state index contributed by atoms with van der Waals surface area (Å²) in [5.74, 6) is 0.713. The third kappa shape index (κ3) is 9.52. The minimum Gasteiger partial charge on any atom is -0.759 e. The van der Waals surface area contributed by atoms with Crippen molar-refractivity contribution in [2.75, 3.05) is 22.9 Å². The van der Waals surface area contributed by atoms with Gasteiger partial charge in [-0.3, -0.25) is 18.4 Å². The Kier molecular flexibility index (Phi) is 12.6. The third-order valence-electron chi connectivity index (χ3n) is 2.95. The number of aromatic nitrogens is 8. The second-order valence-corrected chi connectivity index (χ2v) is 5.90. The van der Waals surface area contributed by atoms with Gasteiger partial charge in [0.15, 0.2) is 11.0 Å². The van der Waals surface area contributed by atoms with E-state index in [1.165, 1.54) is 0 Å². The van der Waals surface area contributed by atoms with Crippen LogP contribution in [0.4, 0.5) is 23.5 Å². The molecule has 0 aromatic carbocycles. The maximum atomic E-state index is 10.8. The minimum absolute atomic E-state index is 0. The molecule has 4 aromatic heterocycles. The molecule has 0 aliphatic rings. The molecule has 0 saturated carbocycles. The quantitative estimate of drug-likeness (QED) is 0.0820. The van der Waals surface area contributed by atoms with Gasteiger partial charge in [-0.1, -0.05) is 9.97 Å². The van der Waals surface area contributed by atoms with Crippen molar-refractivity contribution in [3.63, 3.8) is 0 Å². The van der Waals surface area contributed by atoms with Gasteiger partial charge in [0, 0.05) is 10.4 Å². The molecule has 4 rings (SSSR count). The van der Waals surface area contributed by atoms with Gasteiger partial charge in [-0.15, -0.1) is 0 Å². The summed E-state index contributed by atoms with van der Waals surface area (Å²) in [6.07, 6.45) is 0. The lowest BCUT2D eigenvalue weighted by Crippen LogP contribution is -2.15. The molecular weight excluding hydrogens is 480 g/mol. The van der Waals surface area contributed by atoms with E-state index >= 15 is 0 Å². The predicted molar refractivity (Wildman–Crippen MR) is 109 cm³/mol. The van der Waals surface area contributed by atoms with Gasteiger partial charge in [0.2, 0.25) is 22.9 Å². The van der Waals surface area contributed by atoms with Gasteiger partial charge in [0.25, 0.3) is 0 Å². The Morgan fingerprint density at radius 1 is 0.667 bits per heavy atom. The number of nitrogen functional groups attached to an aromatic ring is 4. The van der Waals surface area contributed by atoms with Gasteiger partial charge < -0.3 is 53.9 Å². The molecule has 33 heavy (non-hydrogen) atoms. The molecule has 0 amide bonds. The SMILES string of the molecule is Nc1nc(N)c2[nH]c(=O)[nH]c2[nH+]1.Nc1nc(N)c2[nH]c(=O)[nH]c2[nH+]1.O.O.O.O.O=S(=O)([O-])[O-]. The van der Waals surface area contributed by atoms with Crippen LogP contribution in [0.25, 0.3) is 22.3 Å². The molecule has 188 valence electrons. The van der Waals surface area contributed by atoms with E-state index in [-0.39, 0.29) is 56.8 Å². The van der Waals surface area contributed by atoms with Crippen LogP contribution in [0.15, 0.2) is 9.59 Å². The van der Waals surface area contributed by atoms with Crippen molar-refractivity contribution in [3.05, 3.63) is 21.0 Å². The van der Waals surface area contributed by atoms with E-state index < -0.39 is 10.4 Å². The molecule has 23 heteroatoms. The van der Waals surface area contributed by atoms with Crippen molar-refractivity contribution < 1.29 is 49.4 Å². The molecule has 0 atom stereocenters. The molecule has 0 spiro atoms. The first-order valence-corrected chi connectivity index (χ1v) is 8.46. The van der Waals surface area contributed by atoms with Gasteiger partial charge >= 0.3 is 23.3 Å². The molecule has 4 aromatic rings. The van der Waals surface area contributed by atoms with Gasteiger partial charge in [-0.2, -0.15) is 0 Å². The highest BCUT2D eigenvalue weighted by Crippen LogP contribution is 2.08. The van der Waals surface area contributed by atoms with Crippen LogP contribution in [0.5, 0.6) is 0 Å². The highest BCUT2D eigenvalue weighted by Gasteiger charge is 2.11. The summed E-state index contributed by atoms with van der Waals surface area (Å²) in [6, 6.07) is 0. The number of aromatic amines is 6. The predicted octanol–water partition coefficient (Wildman–Crippen LogP) is -8.18. The number of nitrogens with zero attached hydrogens (tertiary/aromatic N) is 2. The number of nitrogens with one attached hydrogen (secondary N) is 6. The second kappa shape index (κ2) is 12.5. The molecule has 4 heterocycles. The molecule has 0 fully saturated rings. The number of hydrogen-bond acceptors (Lipinski definition) is 12. The fourth-order valence-electron chi connectivity index (χ4n) is 2.02. The van der Waals surface area contributed by atoms with Crippen LogP contribution in [0.1, 0.15) is 0 Å². The first-order valence-electron chi connectivity index (χ1n) is 7.12. The largest absolute Gasteiger partial charge is 0.759 e. The molecule has 22 N–H and O–H groups in total. The van der Waals surface area contributed by atoms with Crippen molar-refractivity contribution in [1.29, 1.82) is 0 Å². The Balaban J connectivity index is -0.000000414. The van der Waals surface area contributed by atoms with E-state index in [2.05, 4.69) is 39.9 Å². The summed E-state index contributed by atoms with van der Waals surface area (Å²) in [5.41, 5.74) is 22.7.